The van der Waals surface area contributed by atoms with Crippen LogP contribution in [-0.4, -0.2) is 33.3 Å². The molecule has 154 valence electrons. The van der Waals surface area contributed by atoms with Gasteiger partial charge in [-0.1, -0.05) is 32.0 Å². The van der Waals surface area contributed by atoms with Gasteiger partial charge < -0.3 is 10.1 Å². The van der Waals surface area contributed by atoms with E-state index in [0.29, 0.717) is 36.2 Å². The van der Waals surface area contributed by atoms with Crippen molar-refractivity contribution in [1.82, 2.24) is 4.72 Å². The quantitative estimate of drug-likeness (QED) is 0.725. The molecule has 8 heteroatoms. The van der Waals surface area contributed by atoms with Crippen LogP contribution >= 0.6 is 0 Å². The van der Waals surface area contributed by atoms with Crippen LogP contribution in [-0.2, 0) is 14.8 Å². The highest BCUT2D eigenvalue weighted by Gasteiger charge is 2.18. The summed E-state index contributed by atoms with van der Waals surface area (Å²) in [6.07, 6.45) is 1.46. The van der Waals surface area contributed by atoms with Gasteiger partial charge in [0.05, 0.1) is 4.90 Å². The van der Waals surface area contributed by atoms with Gasteiger partial charge in [0, 0.05) is 18.7 Å². The Morgan fingerprint density at radius 1 is 1.17 bits per heavy atom. The number of ether oxygens (including phenoxy) is 1. The molecule has 0 fully saturated rings. The molecule has 0 aromatic heterocycles. The predicted molar refractivity (Wildman–Crippen MR) is 113 cm³/mol. The van der Waals surface area contributed by atoms with Gasteiger partial charge in [0.25, 0.3) is 15.9 Å². The summed E-state index contributed by atoms with van der Waals surface area (Å²) in [6, 6.07) is 13.7. The van der Waals surface area contributed by atoms with Crippen LogP contribution < -0.4 is 14.8 Å². The van der Waals surface area contributed by atoms with Crippen molar-refractivity contribution in [3.8, 4) is 5.75 Å². The maximum atomic E-state index is 12.5. The second-order valence-electron chi connectivity index (χ2n) is 7.13. The summed E-state index contributed by atoms with van der Waals surface area (Å²) in [6.45, 7) is 4.67. The van der Waals surface area contributed by atoms with E-state index in [2.05, 4.69) is 28.9 Å². The normalized spacial score (nSPS) is 13.8. The number of nitrogens with zero attached hydrogens (tertiary/aromatic N) is 1. The smallest absolute Gasteiger partial charge is 0.262 e. The van der Waals surface area contributed by atoms with E-state index in [0.717, 1.165) is 6.42 Å². The number of hydrogen-bond acceptors (Lipinski definition) is 5. The summed E-state index contributed by atoms with van der Waals surface area (Å²) in [5.74, 6) is 1.12. The monoisotopic (exact) mass is 415 g/mol. The lowest BCUT2D eigenvalue weighted by molar-refractivity contribution is -0.118. The summed E-state index contributed by atoms with van der Waals surface area (Å²) in [7, 11) is -3.73. The number of nitrogens with one attached hydrogen (secondary N) is 2. The highest BCUT2D eigenvalue weighted by atomic mass is 32.2. The summed E-state index contributed by atoms with van der Waals surface area (Å²) in [5.41, 5.74) is 1.57. The Balaban J connectivity index is 1.58. The molecule has 0 aliphatic carbocycles. The number of hydrogen-bond donors (Lipinski definition) is 2. The minimum absolute atomic E-state index is 0.0649. The fraction of sp³-hybridized carbons (Fsp3) is 0.333. The molecule has 0 atom stereocenters. The number of amides is 1. The molecule has 0 radical (unpaired) electrons. The van der Waals surface area contributed by atoms with Crippen LogP contribution in [0.2, 0.25) is 0 Å². The van der Waals surface area contributed by atoms with E-state index in [1.807, 2.05) is 24.3 Å². The highest BCUT2D eigenvalue weighted by Crippen LogP contribution is 2.19. The third-order valence-electron chi connectivity index (χ3n) is 4.47. The largest absolute Gasteiger partial charge is 0.484 e. The zero-order chi connectivity index (χ0) is 20.9. The van der Waals surface area contributed by atoms with Gasteiger partial charge in [0.1, 0.15) is 11.6 Å². The molecular weight excluding hydrogens is 390 g/mol. The van der Waals surface area contributed by atoms with Gasteiger partial charge in [0.2, 0.25) is 0 Å². The molecule has 1 aliphatic heterocycles. The number of aliphatic imine (C=N–C) groups is 1. The first kappa shape index (κ1) is 20.9. The molecule has 2 aromatic carbocycles. The number of sulfonamides is 1. The van der Waals surface area contributed by atoms with E-state index in [9.17, 15) is 13.2 Å². The Morgan fingerprint density at radius 2 is 1.93 bits per heavy atom. The number of benzene rings is 2. The van der Waals surface area contributed by atoms with Crippen molar-refractivity contribution in [3.63, 3.8) is 0 Å². The molecule has 0 unspecified atom stereocenters. The van der Waals surface area contributed by atoms with Crippen LogP contribution in [0.1, 0.15) is 38.2 Å². The van der Waals surface area contributed by atoms with Crippen molar-refractivity contribution >= 4 is 27.5 Å². The summed E-state index contributed by atoms with van der Waals surface area (Å²) in [4.78, 5) is 16.4. The lowest BCUT2D eigenvalue weighted by Gasteiger charge is -2.11. The van der Waals surface area contributed by atoms with Gasteiger partial charge in [0.15, 0.2) is 6.61 Å². The fourth-order valence-electron chi connectivity index (χ4n) is 2.87. The Labute approximate surface area is 171 Å². The van der Waals surface area contributed by atoms with Crippen LogP contribution in [0.15, 0.2) is 58.4 Å². The Bertz CT molecular complexity index is 999. The van der Waals surface area contributed by atoms with Crippen LogP contribution in [0.5, 0.6) is 5.75 Å². The molecule has 0 saturated carbocycles. The zero-order valence-electron chi connectivity index (χ0n) is 16.5. The second-order valence-corrected chi connectivity index (χ2v) is 8.81. The molecule has 3 rings (SSSR count). The lowest BCUT2D eigenvalue weighted by Crippen LogP contribution is -2.29. The average Bonchev–Trinajstić information content (AvgIpc) is 3.19. The highest BCUT2D eigenvalue weighted by molar-refractivity contribution is 7.90. The number of carbonyl (C=O) groups is 1. The Morgan fingerprint density at radius 3 is 2.59 bits per heavy atom. The predicted octanol–water partition coefficient (Wildman–Crippen LogP) is 3.30. The van der Waals surface area contributed by atoms with E-state index in [-0.39, 0.29) is 17.4 Å². The van der Waals surface area contributed by atoms with Crippen LogP contribution in [0.4, 0.5) is 5.69 Å². The summed E-state index contributed by atoms with van der Waals surface area (Å²) >= 11 is 0. The van der Waals surface area contributed by atoms with E-state index in [1.54, 1.807) is 12.1 Å². The first-order valence-electron chi connectivity index (χ1n) is 9.52. The van der Waals surface area contributed by atoms with E-state index in [1.165, 1.54) is 17.7 Å². The van der Waals surface area contributed by atoms with E-state index >= 15 is 0 Å². The average molecular weight is 416 g/mol. The lowest BCUT2D eigenvalue weighted by atomic mass is 10.0. The van der Waals surface area contributed by atoms with Crippen molar-refractivity contribution < 1.29 is 17.9 Å². The first-order valence-corrected chi connectivity index (χ1v) is 11.0. The molecule has 0 spiro atoms. The van der Waals surface area contributed by atoms with Crippen molar-refractivity contribution in [2.45, 2.75) is 37.5 Å². The topological polar surface area (TPSA) is 96.9 Å². The van der Waals surface area contributed by atoms with Gasteiger partial charge >= 0.3 is 0 Å². The molecule has 0 saturated heterocycles. The molecule has 1 aliphatic rings. The zero-order valence-corrected chi connectivity index (χ0v) is 17.3. The molecule has 1 heterocycles. The van der Waals surface area contributed by atoms with Crippen LogP contribution in [0.3, 0.4) is 0 Å². The molecule has 29 heavy (non-hydrogen) atoms. The van der Waals surface area contributed by atoms with Gasteiger partial charge in [-0.05, 0) is 48.2 Å². The first-order chi connectivity index (χ1) is 13.8. The van der Waals surface area contributed by atoms with E-state index in [4.69, 9.17) is 4.74 Å². The molecule has 7 nitrogen and oxygen atoms in total. The van der Waals surface area contributed by atoms with Crippen LogP contribution in [0.25, 0.3) is 0 Å². The standard InChI is InChI=1S/C21H25N3O4S/c1-15(2)16-8-10-18(11-9-16)28-14-21(25)23-17-5-3-6-19(13-17)29(26,27)24-20-7-4-12-22-20/h3,5-6,8-11,13,15H,4,7,12,14H2,1-2H3,(H,22,24)(H,23,25). The maximum absolute atomic E-state index is 12.5. The van der Waals surface area contributed by atoms with Gasteiger partial charge in [-0.15, -0.1) is 0 Å². The van der Waals surface area contributed by atoms with Crippen molar-refractivity contribution in [3.05, 3.63) is 54.1 Å². The molecule has 1 amide bonds. The summed E-state index contributed by atoms with van der Waals surface area (Å²) < 4.78 is 33.0. The fourth-order valence-corrected chi connectivity index (χ4v) is 4.01. The number of anilines is 1. The third kappa shape index (κ3) is 5.80. The SMILES string of the molecule is CC(C)c1ccc(OCC(=O)Nc2cccc(S(=O)(=O)NC3=NCCC3)c2)cc1. The third-order valence-corrected chi connectivity index (χ3v) is 5.85. The van der Waals surface area contributed by atoms with Crippen molar-refractivity contribution in [1.29, 1.82) is 0 Å². The maximum Gasteiger partial charge on any atom is 0.262 e. The van der Waals surface area contributed by atoms with Crippen molar-refractivity contribution in [2.75, 3.05) is 18.5 Å². The van der Waals surface area contributed by atoms with Gasteiger partial charge in [-0.3, -0.25) is 14.5 Å². The number of rotatable bonds is 7. The Kier molecular flexibility index (Phi) is 6.53. The Hall–Kier alpha value is -2.87. The van der Waals surface area contributed by atoms with Gasteiger partial charge in [-0.2, -0.15) is 0 Å². The van der Waals surface area contributed by atoms with Crippen molar-refractivity contribution in [2.24, 2.45) is 4.99 Å². The minimum atomic E-state index is -3.73. The number of carbonyl (C=O) groups excluding carboxylic acids is 1. The van der Waals surface area contributed by atoms with Gasteiger partial charge in [-0.25, -0.2) is 8.42 Å². The minimum Gasteiger partial charge on any atom is -0.484 e. The van der Waals surface area contributed by atoms with E-state index < -0.39 is 10.0 Å². The molecule has 2 aromatic rings. The molecule has 0 bridgehead atoms. The van der Waals surface area contributed by atoms with Crippen LogP contribution in [0, 0.1) is 0 Å². The molecule has 2 N–H and O–H groups in total. The number of amidine groups is 1. The summed E-state index contributed by atoms with van der Waals surface area (Å²) in [5, 5.41) is 2.66. The molecular formula is C21H25N3O4S. The second kappa shape index (κ2) is 9.09.